The summed E-state index contributed by atoms with van der Waals surface area (Å²) in [6, 6.07) is 1.50. The highest BCUT2D eigenvalue weighted by Crippen LogP contribution is 2.38. The first kappa shape index (κ1) is 11.5. The van der Waals surface area contributed by atoms with Gasteiger partial charge in [0.25, 0.3) is 0 Å². The maximum Gasteiger partial charge on any atom is 0.248 e. The summed E-state index contributed by atoms with van der Waals surface area (Å²) in [7, 11) is 0. The highest BCUT2D eigenvalue weighted by molar-refractivity contribution is 5.78. The Morgan fingerprint density at radius 2 is 2.00 bits per heavy atom. The molecule has 2 bridgehead atoms. The maximum atomic E-state index is 11.8. The molecule has 3 saturated heterocycles. The predicted octanol–water partition coefficient (Wildman–Crippen LogP) is 0.907. The van der Waals surface area contributed by atoms with Crippen LogP contribution in [0.15, 0.2) is 0 Å². The highest BCUT2D eigenvalue weighted by Gasteiger charge is 2.48. The minimum Gasteiger partial charge on any atom is -0.363 e. The van der Waals surface area contributed by atoms with E-state index < -0.39 is 0 Å². The van der Waals surface area contributed by atoms with Gasteiger partial charge in [-0.3, -0.25) is 4.79 Å². The molecule has 17 heavy (non-hydrogen) atoms. The lowest BCUT2D eigenvalue weighted by Crippen LogP contribution is -2.61. The van der Waals surface area contributed by atoms with Crippen LogP contribution in [0.3, 0.4) is 0 Å². The number of amides is 1. The van der Waals surface area contributed by atoms with Gasteiger partial charge in [0, 0.05) is 18.1 Å². The molecule has 3 rings (SSSR count). The molecule has 0 aromatic rings. The average molecular weight is 238 g/mol. The van der Waals surface area contributed by atoms with Crippen LogP contribution in [0.5, 0.6) is 0 Å². The van der Waals surface area contributed by atoms with Crippen molar-refractivity contribution in [2.45, 2.75) is 63.3 Å². The first-order valence-corrected chi connectivity index (χ1v) is 6.77. The van der Waals surface area contributed by atoms with E-state index in [1.807, 2.05) is 4.90 Å². The summed E-state index contributed by atoms with van der Waals surface area (Å²) in [6.45, 7) is 5.25. The Morgan fingerprint density at radius 1 is 1.35 bits per heavy atom. The Kier molecular flexibility index (Phi) is 2.67. The summed E-state index contributed by atoms with van der Waals surface area (Å²) in [5.41, 5.74) is -0.0603. The van der Waals surface area contributed by atoms with Gasteiger partial charge >= 0.3 is 0 Å². The molecule has 3 fully saturated rings. The number of carbonyl (C=O) groups excluding carboxylic acids is 1. The van der Waals surface area contributed by atoms with Crippen molar-refractivity contribution in [1.82, 2.24) is 10.2 Å². The monoisotopic (exact) mass is 238 g/mol. The molecule has 1 N–H and O–H groups in total. The molecule has 3 aliphatic heterocycles. The molecule has 96 valence electrons. The lowest BCUT2D eigenvalue weighted by molar-refractivity contribution is -0.173. The van der Waals surface area contributed by atoms with Crippen LogP contribution in [-0.4, -0.2) is 47.7 Å². The number of fused-ring (bicyclic) bond motifs is 2. The van der Waals surface area contributed by atoms with Gasteiger partial charge in [0.05, 0.1) is 12.1 Å². The Morgan fingerprint density at radius 3 is 2.59 bits per heavy atom. The number of ether oxygens (including phenoxy) is 1. The van der Waals surface area contributed by atoms with Gasteiger partial charge in [0.1, 0.15) is 6.61 Å². The Hall–Kier alpha value is -0.610. The molecular formula is C13H22N2O2. The lowest BCUT2D eigenvalue weighted by Gasteiger charge is -2.48. The van der Waals surface area contributed by atoms with E-state index in [1.54, 1.807) is 0 Å². The fourth-order valence-electron chi connectivity index (χ4n) is 3.67. The zero-order valence-corrected chi connectivity index (χ0v) is 10.7. The van der Waals surface area contributed by atoms with Crippen LogP contribution in [-0.2, 0) is 9.53 Å². The number of nitrogens with zero attached hydrogens (tertiary/aromatic N) is 1. The Labute approximate surface area is 103 Å². The molecule has 3 aliphatic rings. The quantitative estimate of drug-likeness (QED) is 0.738. The standard InChI is InChI=1S/C13H22N2O2/c1-9(2)15-8-13(17-7-12(15)16)5-10-3-4-11(6-13)14-10/h9-11,14H,3-8H2,1-2H3. The lowest BCUT2D eigenvalue weighted by atomic mass is 9.85. The summed E-state index contributed by atoms with van der Waals surface area (Å²) in [4.78, 5) is 13.8. The van der Waals surface area contributed by atoms with Crippen molar-refractivity contribution in [2.24, 2.45) is 0 Å². The Balaban J connectivity index is 1.77. The summed E-state index contributed by atoms with van der Waals surface area (Å²) in [5.74, 6) is 0.150. The van der Waals surface area contributed by atoms with E-state index >= 15 is 0 Å². The van der Waals surface area contributed by atoms with Gasteiger partial charge in [-0.1, -0.05) is 0 Å². The van der Waals surface area contributed by atoms with Gasteiger partial charge in [0.2, 0.25) is 5.91 Å². The summed E-state index contributed by atoms with van der Waals surface area (Å²) in [6.07, 6.45) is 4.68. The van der Waals surface area contributed by atoms with Gasteiger partial charge in [-0.2, -0.15) is 0 Å². The van der Waals surface area contributed by atoms with Crippen molar-refractivity contribution in [3.63, 3.8) is 0 Å². The molecule has 2 atom stereocenters. The first-order chi connectivity index (χ1) is 8.08. The van der Waals surface area contributed by atoms with Gasteiger partial charge in [-0.05, 0) is 39.5 Å². The van der Waals surface area contributed by atoms with Crippen LogP contribution in [0.2, 0.25) is 0 Å². The number of morpholine rings is 1. The van der Waals surface area contributed by atoms with E-state index in [4.69, 9.17) is 4.74 Å². The van der Waals surface area contributed by atoms with Crippen LogP contribution in [0.25, 0.3) is 0 Å². The second kappa shape index (κ2) is 3.95. The van der Waals surface area contributed by atoms with E-state index in [-0.39, 0.29) is 24.2 Å². The van der Waals surface area contributed by atoms with Crippen LogP contribution < -0.4 is 5.32 Å². The Bertz CT molecular complexity index is 317. The maximum absolute atomic E-state index is 11.8. The second-order valence-corrected chi connectivity index (χ2v) is 6.13. The molecule has 0 aromatic heterocycles. The van der Waals surface area contributed by atoms with Gasteiger partial charge in [-0.25, -0.2) is 0 Å². The molecule has 1 amide bonds. The third kappa shape index (κ3) is 1.97. The van der Waals surface area contributed by atoms with Crippen molar-refractivity contribution in [3.8, 4) is 0 Å². The van der Waals surface area contributed by atoms with Crippen molar-refractivity contribution in [1.29, 1.82) is 0 Å². The molecule has 4 nitrogen and oxygen atoms in total. The molecule has 0 aliphatic carbocycles. The van der Waals surface area contributed by atoms with E-state index in [9.17, 15) is 4.79 Å². The fourth-order valence-corrected chi connectivity index (χ4v) is 3.67. The molecule has 0 radical (unpaired) electrons. The summed E-state index contributed by atoms with van der Waals surface area (Å²) >= 11 is 0. The van der Waals surface area contributed by atoms with Crippen LogP contribution in [0.4, 0.5) is 0 Å². The molecule has 2 unspecified atom stereocenters. The zero-order valence-electron chi connectivity index (χ0n) is 10.7. The van der Waals surface area contributed by atoms with Crippen molar-refractivity contribution >= 4 is 5.91 Å². The van der Waals surface area contributed by atoms with Crippen LogP contribution in [0, 0.1) is 0 Å². The molecule has 0 aromatic carbocycles. The van der Waals surface area contributed by atoms with E-state index in [0.717, 1.165) is 19.4 Å². The van der Waals surface area contributed by atoms with Gasteiger partial charge in [0.15, 0.2) is 0 Å². The minimum atomic E-state index is -0.0603. The molecule has 0 saturated carbocycles. The van der Waals surface area contributed by atoms with Crippen molar-refractivity contribution < 1.29 is 9.53 Å². The number of hydrogen-bond acceptors (Lipinski definition) is 3. The minimum absolute atomic E-state index is 0.0603. The SMILES string of the molecule is CC(C)N1CC2(CC3CCC(C2)N3)OCC1=O. The molecule has 4 heteroatoms. The third-order valence-corrected chi connectivity index (χ3v) is 4.48. The van der Waals surface area contributed by atoms with E-state index in [2.05, 4.69) is 19.2 Å². The fraction of sp³-hybridized carbons (Fsp3) is 0.923. The van der Waals surface area contributed by atoms with Crippen molar-refractivity contribution in [3.05, 3.63) is 0 Å². The number of rotatable bonds is 1. The average Bonchev–Trinajstić information content (AvgIpc) is 2.63. The number of carbonyl (C=O) groups is 1. The van der Waals surface area contributed by atoms with Gasteiger partial charge in [-0.15, -0.1) is 0 Å². The topological polar surface area (TPSA) is 41.6 Å². The van der Waals surface area contributed by atoms with Crippen molar-refractivity contribution in [2.75, 3.05) is 13.2 Å². The highest BCUT2D eigenvalue weighted by atomic mass is 16.5. The van der Waals surface area contributed by atoms with E-state index in [0.29, 0.717) is 12.1 Å². The van der Waals surface area contributed by atoms with Crippen LogP contribution in [0.1, 0.15) is 39.5 Å². The third-order valence-electron chi connectivity index (χ3n) is 4.48. The predicted molar refractivity (Wildman–Crippen MR) is 64.7 cm³/mol. The largest absolute Gasteiger partial charge is 0.363 e. The smallest absolute Gasteiger partial charge is 0.248 e. The zero-order chi connectivity index (χ0) is 12.0. The molecule has 3 heterocycles. The second-order valence-electron chi connectivity index (χ2n) is 6.13. The van der Waals surface area contributed by atoms with Gasteiger partial charge < -0.3 is 15.0 Å². The number of piperidine rings is 1. The van der Waals surface area contributed by atoms with Crippen LogP contribution >= 0.6 is 0 Å². The molecule has 1 spiro atoms. The number of nitrogens with one attached hydrogen (secondary N) is 1. The first-order valence-electron chi connectivity index (χ1n) is 6.77. The number of hydrogen-bond donors (Lipinski definition) is 1. The summed E-state index contributed by atoms with van der Waals surface area (Å²) in [5, 5.41) is 3.63. The summed E-state index contributed by atoms with van der Waals surface area (Å²) < 4.78 is 5.95. The molecular weight excluding hydrogens is 216 g/mol. The van der Waals surface area contributed by atoms with E-state index in [1.165, 1.54) is 12.8 Å². The normalized spacial score (nSPS) is 41.6.